The maximum Gasteiger partial charge on any atom is 0.217 e. The van der Waals surface area contributed by atoms with Crippen LogP contribution in [0.15, 0.2) is 12.1 Å². The maximum absolute atomic E-state index is 12.4. The van der Waals surface area contributed by atoms with Gasteiger partial charge in [-0.15, -0.1) is 23.2 Å². The molecule has 1 aromatic carbocycles. The van der Waals surface area contributed by atoms with Crippen LogP contribution < -0.4 is 10.5 Å². The highest BCUT2D eigenvalue weighted by Crippen LogP contribution is 2.51. The number of Topliss-reactive ketones (excluding diaryl/α,β-unsaturated/α-hetero) is 1. The first kappa shape index (κ1) is 18.5. The van der Waals surface area contributed by atoms with Gasteiger partial charge >= 0.3 is 0 Å². The third-order valence-corrected chi connectivity index (χ3v) is 6.57. The molecule has 3 unspecified atom stereocenters. The first-order valence-electron chi connectivity index (χ1n) is 8.78. The van der Waals surface area contributed by atoms with E-state index in [1.54, 1.807) is 0 Å². The topological polar surface area (TPSA) is 69.4 Å². The van der Waals surface area contributed by atoms with Crippen molar-refractivity contribution in [1.82, 2.24) is 0 Å². The molecule has 0 radical (unpaired) electrons. The molecule has 2 aliphatic rings. The fourth-order valence-corrected chi connectivity index (χ4v) is 4.58. The quantitative estimate of drug-likeness (QED) is 0.597. The summed E-state index contributed by atoms with van der Waals surface area (Å²) in [5, 5.41) is -0.200. The molecular formula is C19H23Cl2NO3. The van der Waals surface area contributed by atoms with Crippen LogP contribution in [-0.4, -0.2) is 23.7 Å². The van der Waals surface area contributed by atoms with E-state index in [-0.39, 0.29) is 29.4 Å². The number of carbonyl (C=O) groups is 2. The average Bonchev–Trinajstić information content (AvgIpc) is 3.03. The Kier molecular flexibility index (Phi) is 5.31. The molecule has 2 N–H and O–H groups in total. The minimum atomic E-state index is -0.721. The van der Waals surface area contributed by atoms with Crippen LogP contribution in [0, 0.1) is 5.92 Å². The Labute approximate surface area is 158 Å². The lowest BCUT2D eigenvalue weighted by molar-refractivity contribution is -0.118. The Balaban J connectivity index is 1.93. The maximum atomic E-state index is 12.4. The molecule has 1 aromatic rings. The fraction of sp³-hybridized carbons (Fsp3) is 0.579. The number of hydrogen-bond donors (Lipinski definition) is 1. The summed E-state index contributed by atoms with van der Waals surface area (Å²) in [5.41, 5.74) is 7.71. The van der Waals surface area contributed by atoms with Gasteiger partial charge in [-0.05, 0) is 49.8 Å². The van der Waals surface area contributed by atoms with Crippen LogP contribution in [0.25, 0.3) is 0 Å². The molecule has 6 heteroatoms. The van der Waals surface area contributed by atoms with Crippen molar-refractivity contribution in [3.63, 3.8) is 0 Å². The molecule has 3 rings (SSSR count). The highest BCUT2D eigenvalue weighted by atomic mass is 35.5. The summed E-state index contributed by atoms with van der Waals surface area (Å²) >= 11 is 13.4. The van der Waals surface area contributed by atoms with Gasteiger partial charge in [0.2, 0.25) is 5.91 Å². The van der Waals surface area contributed by atoms with Gasteiger partial charge in [0.15, 0.2) is 5.78 Å². The second kappa shape index (κ2) is 7.16. The Morgan fingerprint density at radius 3 is 2.84 bits per heavy atom. The third-order valence-electron chi connectivity index (χ3n) is 5.21. The first-order valence-corrected chi connectivity index (χ1v) is 9.60. The van der Waals surface area contributed by atoms with Gasteiger partial charge in [0.05, 0.1) is 16.9 Å². The molecule has 1 amide bonds. The van der Waals surface area contributed by atoms with Crippen molar-refractivity contribution in [2.24, 2.45) is 11.7 Å². The van der Waals surface area contributed by atoms with Crippen molar-refractivity contribution in [2.75, 3.05) is 6.61 Å². The normalized spacial score (nSPS) is 28.2. The van der Waals surface area contributed by atoms with E-state index in [4.69, 9.17) is 33.7 Å². The van der Waals surface area contributed by atoms with E-state index in [1.807, 2.05) is 19.1 Å². The monoisotopic (exact) mass is 383 g/mol. The SMILES string of the molecule is CC1Cc2cc(OCCCC(N)=O)c(C3(Cl)CCCC3Cl)cc2C1=O. The zero-order chi connectivity index (χ0) is 18.2. The summed E-state index contributed by atoms with van der Waals surface area (Å²) in [6.07, 6.45) is 4.07. The van der Waals surface area contributed by atoms with Crippen molar-refractivity contribution >= 4 is 34.9 Å². The van der Waals surface area contributed by atoms with Gasteiger partial charge < -0.3 is 10.5 Å². The van der Waals surface area contributed by atoms with Gasteiger partial charge in [-0.25, -0.2) is 0 Å². The van der Waals surface area contributed by atoms with E-state index in [0.717, 1.165) is 36.0 Å². The molecule has 0 spiro atoms. The number of primary amides is 1. The molecule has 0 aliphatic heterocycles. The minimum absolute atomic E-state index is 0.0189. The molecule has 0 aromatic heterocycles. The predicted octanol–water partition coefficient (Wildman–Crippen LogP) is 3.93. The average molecular weight is 384 g/mol. The van der Waals surface area contributed by atoms with Gasteiger partial charge in [-0.3, -0.25) is 9.59 Å². The van der Waals surface area contributed by atoms with Crippen molar-refractivity contribution in [1.29, 1.82) is 0 Å². The van der Waals surface area contributed by atoms with E-state index in [2.05, 4.69) is 0 Å². The molecule has 3 atom stereocenters. The van der Waals surface area contributed by atoms with E-state index in [9.17, 15) is 9.59 Å². The van der Waals surface area contributed by atoms with Crippen LogP contribution >= 0.6 is 23.2 Å². The number of fused-ring (bicyclic) bond motifs is 1. The highest BCUT2D eigenvalue weighted by Gasteiger charge is 2.45. The number of carbonyl (C=O) groups excluding carboxylic acids is 2. The summed E-state index contributed by atoms with van der Waals surface area (Å²) in [7, 11) is 0. The summed E-state index contributed by atoms with van der Waals surface area (Å²) in [6.45, 7) is 2.31. The molecule has 0 saturated heterocycles. The lowest BCUT2D eigenvalue weighted by atomic mass is 9.92. The third kappa shape index (κ3) is 3.52. The number of rotatable bonds is 6. The van der Waals surface area contributed by atoms with Crippen molar-refractivity contribution in [3.8, 4) is 5.75 Å². The first-order chi connectivity index (χ1) is 11.8. The Bertz CT molecular complexity index is 706. The van der Waals surface area contributed by atoms with Crippen LogP contribution in [0.3, 0.4) is 0 Å². The lowest BCUT2D eigenvalue weighted by Crippen LogP contribution is -2.26. The van der Waals surface area contributed by atoms with E-state index in [1.165, 1.54) is 0 Å². The van der Waals surface area contributed by atoms with Crippen LogP contribution in [0.5, 0.6) is 5.75 Å². The molecule has 4 nitrogen and oxygen atoms in total. The smallest absolute Gasteiger partial charge is 0.217 e. The minimum Gasteiger partial charge on any atom is -0.493 e. The summed E-state index contributed by atoms with van der Waals surface area (Å²) in [6, 6.07) is 3.82. The summed E-state index contributed by atoms with van der Waals surface area (Å²) in [5.74, 6) is 0.464. The number of halogens is 2. The number of amides is 1. The molecule has 136 valence electrons. The highest BCUT2D eigenvalue weighted by molar-refractivity contribution is 6.33. The molecule has 25 heavy (non-hydrogen) atoms. The summed E-state index contributed by atoms with van der Waals surface area (Å²) < 4.78 is 5.95. The summed E-state index contributed by atoms with van der Waals surface area (Å²) in [4.78, 5) is 22.6. The number of nitrogens with two attached hydrogens (primary N) is 1. The zero-order valence-electron chi connectivity index (χ0n) is 14.3. The van der Waals surface area contributed by atoms with Gasteiger partial charge in [0.25, 0.3) is 0 Å². The van der Waals surface area contributed by atoms with Crippen LogP contribution in [0.2, 0.25) is 0 Å². The number of ketones is 1. The fourth-order valence-electron chi connectivity index (χ4n) is 3.81. The number of ether oxygens (including phenoxy) is 1. The van der Waals surface area contributed by atoms with Crippen molar-refractivity contribution in [2.45, 2.75) is 55.7 Å². The van der Waals surface area contributed by atoms with Crippen molar-refractivity contribution in [3.05, 3.63) is 28.8 Å². The van der Waals surface area contributed by atoms with Crippen LogP contribution in [0.4, 0.5) is 0 Å². The Morgan fingerprint density at radius 2 is 2.20 bits per heavy atom. The Morgan fingerprint density at radius 1 is 1.44 bits per heavy atom. The molecular weight excluding hydrogens is 361 g/mol. The molecule has 2 aliphatic carbocycles. The van der Waals surface area contributed by atoms with Gasteiger partial charge in [0.1, 0.15) is 5.75 Å². The van der Waals surface area contributed by atoms with Gasteiger partial charge in [-0.2, -0.15) is 0 Å². The van der Waals surface area contributed by atoms with Crippen LogP contribution in [0.1, 0.15) is 60.5 Å². The molecule has 1 saturated carbocycles. The van der Waals surface area contributed by atoms with Crippen LogP contribution in [-0.2, 0) is 16.1 Å². The number of benzene rings is 1. The largest absolute Gasteiger partial charge is 0.493 e. The van der Waals surface area contributed by atoms with E-state index in [0.29, 0.717) is 25.2 Å². The van der Waals surface area contributed by atoms with Crippen molar-refractivity contribution < 1.29 is 14.3 Å². The molecule has 0 bridgehead atoms. The number of alkyl halides is 2. The molecule has 0 heterocycles. The van der Waals surface area contributed by atoms with E-state index < -0.39 is 4.87 Å². The zero-order valence-corrected chi connectivity index (χ0v) is 15.8. The lowest BCUT2D eigenvalue weighted by Gasteiger charge is -2.28. The Hall–Kier alpha value is -1.26. The van der Waals surface area contributed by atoms with Gasteiger partial charge in [0, 0.05) is 23.5 Å². The van der Waals surface area contributed by atoms with E-state index >= 15 is 0 Å². The van der Waals surface area contributed by atoms with Gasteiger partial charge in [-0.1, -0.05) is 6.92 Å². The second-order valence-electron chi connectivity index (χ2n) is 7.12. The standard InChI is InChI=1S/C19H23Cl2NO3/c1-11-8-12-9-15(25-7-3-5-17(22)23)14(10-13(12)18(11)24)19(21)6-2-4-16(19)20/h9-11,16H,2-8H2,1H3,(H2,22,23). The molecule has 1 fully saturated rings. The second-order valence-corrected chi connectivity index (χ2v) is 8.32. The predicted molar refractivity (Wildman–Crippen MR) is 98.6 cm³/mol. The number of hydrogen-bond acceptors (Lipinski definition) is 3.